The molecule has 22 heavy (non-hydrogen) atoms. The van der Waals surface area contributed by atoms with Crippen LogP contribution in [0, 0.1) is 41.4 Å². The Balaban J connectivity index is 1.37. The first-order valence-electron chi connectivity index (χ1n) is 10.4. The summed E-state index contributed by atoms with van der Waals surface area (Å²) in [5.74, 6) is 7.32. The molecule has 0 aliphatic heterocycles. The highest BCUT2D eigenvalue weighted by Crippen LogP contribution is 2.54. The SMILES string of the molecule is CC1CCC2C(CCC3CC(C4CCC(O)CC4)CCC32)C1. The van der Waals surface area contributed by atoms with Gasteiger partial charge in [0.2, 0.25) is 0 Å². The van der Waals surface area contributed by atoms with E-state index in [1.54, 1.807) is 32.1 Å². The lowest BCUT2D eigenvalue weighted by atomic mass is 9.54. The van der Waals surface area contributed by atoms with Crippen LogP contribution in [0.1, 0.15) is 84.0 Å². The fraction of sp³-hybridized carbons (Fsp3) is 1.00. The summed E-state index contributed by atoms with van der Waals surface area (Å²) in [6.07, 6.45) is 17.1. The van der Waals surface area contributed by atoms with Gasteiger partial charge in [-0.1, -0.05) is 13.3 Å². The monoisotopic (exact) mass is 304 g/mol. The Morgan fingerprint density at radius 3 is 1.82 bits per heavy atom. The Kier molecular flexibility index (Phi) is 4.55. The molecule has 0 heterocycles. The largest absolute Gasteiger partial charge is 0.393 e. The molecule has 0 aromatic heterocycles. The molecule has 1 nitrogen and oxygen atoms in total. The quantitative estimate of drug-likeness (QED) is 0.686. The molecule has 0 radical (unpaired) electrons. The van der Waals surface area contributed by atoms with Crippen molar-refractivity contribution in [3.8, 4) is 0 Å². The fourth-order valence-electron chi connectivity index (χ4n) is 7.07. The summed E-state index contributed by atoms with van der Waals surface area (Å²) >= 11 is 0. The highest BCUT2D eigenvalue weighted by atomic mass is 16.3. The molecule has 0 saturated heterocycles. The summed E-state index contributed by atoms with van der Waals surface area (Å²) in [5.41, 5.74) is 0. The van der Waals surface area contributed by atoms with E-state index in [2.05, 4.69) is 6.92 Å². The van der Waals surface area contributed by atoms with Crippen molar-refractivity contribution in [2.75, 3.05) is 0 Å². The molecule has 4 fully saturated rings. The molecule has 0 amide bonds. The standard InChI is InChI=1S/C21H36O/c1-14-2-10-20-17(12-14)3-4-18-13-16(7-11-21(18)20)15-5-8-19(22)9-6-15/h14-22H,2-13H2,1H3. The molecule has 6 atom stereocenters. The molecule has 0 spiro atoms. The minimum atomic E-state index is 0.0206. The van der Waals surface area contributed by atoms with Crippen LogP contribution in [-0.4, -0.2) is 11.2 Å². The van der Waals surface area contributed by atoms with E-state index in [0.29, 0.717) is 0 Å². The average Bonchev–Trinajstić information content (AvgIpc) is 2.54. The minimum Gasteiger partial charge on any atom is -0.393 e. The van der Waals surface area contributed by atoms with Crippen LogP contribution < -0.4 is 0 Å². The summed E-state index contributed by atoms with van der Waals surface area (Å²) in [5, 5.41) is 9.76. The van der Waals surface area contributed by atoms with Crippen molar-refractivity contribution >= 4 is 0 Å². The van der Waals surface area contributed by atoms with Crippen LogP contribution in [0.25, 0.3) is 0 Å². The van der Waals surface area contributed by atoms with Gasteiger partial charge in [0, 0.05) is 0 Å². The van der Waals surface area contributed by atoms with Crippen LogP contribution in [0.15, 0.2) is 0 Å². The van der Waals surface area contributed by atoms with Gasteiger partial charge >= 0.3 is 0 Å². The van der Waals surface area contributed by atoms with Crippen LogP contribution in [0.3, 0.4) is 0 Å². The number of fused-ring (bicyclic) bond motifs is 3. The summed E-state index contributed by atoms with van der Waals surface area (Å²) < 4.78 is 0. The van der Waals surface area contributed by atoms with Gasteiger partial charge in [-0.3, -0.25) is 0 Å². The van der Waals surface area contributed by atoms with Crippen LogP contribution >= 0.6 is 0 Å². The molecule has 0 bridgehead atoms. The van der Waals surface area contributed by atoms with Gasteiger partial charge in [-0.15, -0.1) is 0 Å². The lowest BCUT2D eigenvalue weighted by Gasteiger charge is -2.51. The predicted octanol–water partition coefficient (Wildman–Crippen LogP) is 5.42. The third-order valence-corrected chi connectivity index (χ3v) is 8.25. The normalized spacial score (nSPS) is 52.6. The highest BCUT2D eigenvalue weighted by Gasteiger charge is 2.45. The second-order valence-electron chi connectivity index (χ2n) is 9.49. The van der Waals surface area contributed by atoms with Gasteiger partial charge in [-0.2, -0.15) is 0 Å². The Hall–Kier alpha value is -0.0400. The van der Waals surface area contributed by atoms with E-state index >= 15 is 0 Å². The van der Waals surface area contributed by atoms with Crippen LogP contribution in [0.4, 0.5) is 0 Å². The lowest BCUT2D eigenvalue weighted by molar-refractivity contribution is -0.0164. The van der Waals surface area contributed by atoms with Gasteiger partial charge in [0.1, 0.15) is 0 Å². The van der Waals surface area contributed by atoms with Gasteiger partial charge in [0.05, 0.1) is 6.10 Å². The maximum atomic E-state index is 9.76. The third-order valence-electron chi connectivity index (χ3n) is 8.25. The van der Waals surface area contributed by atoms with Crippen molar-refractivity contribution in [1.82, 2.24) is 0 Å². The molecule has 6 unspecified atom stereocenters. The Morgan fingerprint density at radius 2 is 1.09 bits per heavy atom. The minimum absolute atomic E-state index is 0.0206. The van der Waals surface area contributed by atoms with E-state index in [9.17, 15) is 5.11 Å². The van der Waals surface area contributed by atoms with E-state index in [1.165, 1.54) is 32.1 Å². The van der Waals surface area contributed by atoms with Gasteiger partial charge < -0.3 is 5.11 Å². The molecule has 1 heteroatoms. The predicted molar refractivity (Wildman–Crippen MR) is 91.5 cm³/mol. The van der Waals surface area contributed by atoms with Gasteiger partial charge in [-0.25, -0.2) is 0 Å². The zero-order chi connectivity index (χ0) is 15.1. The van der Waals surface area contributed by atoms with Crippen molar-refractivity contribution < 1.29 is 5.11 Å². The van der Waals surface area contributed by atoms with Crippen LogP contribution in [0.2, 0.25) is 0 Å². The second kappa shape index (κ2) is 6.46. The topological polar surface area (TPSA) is 20.2 Å². The maximum absolute atomic E-state index is 9.76. The summed E-state index contributed by atoms with van der Waals surface area (Å²) in [7, 11) is 0. The highest BCUT2D eigenvalue weighted by molar-refractivity contribution is 4.95. The number of hydrogen-bond donors (Lipinski definition) is 1. The van der Waals surface area contributed by atoms with E-state index in [-0.39, 0.29) is 6.10 Å². The van der Waals surface area contributed by atoms with Crippen LogP contribution in [-0.2, 0) is 0 Å². The first-order valence-corrected chi connectivity index (χ1v) is 10.4. The number of aliphatic hydroxyl groups excluding tert-OH is 1. The van der Waals surface area contributed by atoms with Crippen LogP contribution in [0.5, 0.6) is 0 Å². The smallest absolute Gasteiger partial charge is 0.0540 e. The number of rotatable bonds is 1. The van der Waals surface area contributed by atoms with Gasteiger partial charge in [-0.05, 0) is 112 Å². The van der Waals surface area contributed by atoms with Crippen molar-refractivity contribution in [3.63, 3.8) is 0 Å². The van der Waals surface area contributed by atoms with Crippen molar-refractivity contribution in [2.24, 2.45) is 41.4 Å². The third kappa shape index (κ3) is 2.99. The molecule has 0 aromatic carbocycles. The Labute approximate surface area is 137 Å². The zero-order valence-electron chi connectivity index (χ0n) is 14.6. The first kappa shape index (κ1) is 15.5. The Morgan fingerprint density at radius 1 is 0.545 bits per heavy atom. The van der Waals surface area contributed by atoms with E-state index < -0.39 is 0 Å². The Bertz CT molecular complexity index is 370. The molecule has 126 valence electrons. The maximum Gasteiger partial charge on any atom is 0.0540 e. The first-order chi connectivity index (χ1) is 10.7. The van der Waals surface area contributed by atoms with E-state index in [4.69, 9.17) is 0 Å². The zero-order valence-corrected chi connectivity index (χ0v) is 14.6. The van der Waals surface area contributed by atoms with Crippen molar-refractivity contribution in [3.05, 3.63) is 0 Å². The molecule has 4 aliphatic carbocycles. The lowest BCUT2D eigenvalue weighted by Crippen LogP contribution is -2.42. The molecule has 1 N–H and O–H groups in total. The van der Waals surface area contributed by atoms with Crippen molar-refractivity contribution in [2.45, 2.75) is 90.1 Å². The van der Waals surface area contributed by atoms with E-state index in [0.717, 1.165) is 54.3 Å². The molecular weight excluding hydrogens is 268 g/mol. The molecule has 4 rings (SSSR count). The van der Waals surface area contributed by atoms with Crippen molar-refractivity contribution in [1.29, 1.82) is 0 Å². The fourth-order valence-corrected chi connectivity index (χ4v) is 7.07. The second-order valence-corrected chi connectivity index (χ2v) is 9.49. The number of aliphatic hydroxyl groups is 1. The van der Waals surface area contributed by atoms with E-state index in [1.807, 2.05) is 0 Å². The van der Waals surface area contributed by atoms with Gasteiger partial charge in [0.15, 0.2) is 0 Å². The average molecular weight is 305 g/mol. The number of hydrogen-bond acceptors (Lipinski definition) is 1. The molecular formula is C21H36O. The molecule has 4 aliphatic rings. The van der Waals surface area contributed by atoms with Gasteiger partial charge in [0.25, 0.3) is 0 Å². The summed E-state index contributed by atoms with van der Waals surface area (Å²) in [6.45, 7) is 2.48. The molecule has 4 saturated carbocycles. The molecule has 0 aromatic rings. The summed E-state index contributed by atoms with van der Waals surface area (Å²) in [4.78, 5) is 0. The summed E-state index contributed by atoms with van der Waals surface area (Å²) in [6, 6.07) is 0.